The van der Waals surface area contributed by atoms with Gasteiger partial charge in [-0.05, 0) is 25.1 Å². The van der Waals surface area contributed by atoms with E-state index in [9.17, 15) is 13.2 Å². The molecule has 0 aliphatic carbocycles. The van der Waals surface area contributed by atoms with E-state index in [2.05, 4.69) is 15.5 Å². The predicted molar refractivity (Wildman–Crippen MR) is 89.7 cm³/mol. The standard InChI is InChI=1S/C12H11Cl2N3O3S2/c1-7(16-17-12-15-11(18)5-21-12)6-22(19,20)8-2-3-9(13)10(14)4-8/h2-4H,5-6H2,1H3,(H,15,17,18). The number of rotatable bonds is 4. The summed E-state index contributed by atoms with van der Waals surface area (Å²) in [6.07, 6.45) is 0. The Morgan fingerprint density at radius 3 is 2.68 bits per heavy atom. The van der Waals surface area contributed by atoms with E-state index >= 15 is 0 Å². The van der Waals surface area contributed by atoms with Gasteiger partial charge in [0.15, 0.2) is 15.0 Å². The second kappa shape index (κ2) is 6.99. The monoisotopic (exact) mass is 379 g/mol. The van der Waals surface area contributed by atoms with Gasteiger partial charge in [-0.15, -0.1) is 5.10 Å². The Hall–Kier alpha value is -1.09. The van der Waals surface area contributed by atoms with Crippen LogP contribution in [0, 0.1) is 0 Å². The number of carbonyl (C=O) groups excluding carboxylic acids is 1. The normalized spacial score (nSPS) is 17.9. The van der Waals surface area contributed by atoms with Crippen LogP contribution >= 0.6 is 35.0 Å². The van der Waals surface area contributed by atoms with Crippen LogP contribution in [0.2, 0.25) is 10.0 Å². The number of thioether (sulfide) groups is 1. The zero-order valence-corrected chi connectivity index (χ0v) is 14.5. The molecule has 1 saturated heterocycles. The SMILES string of the molecule is CC(CS(=O)(=O)c1ccc(Cl)c(Cl)c1)=N/N=C1/NC(=O)CS1. The highest BCUT2D eigenvalue weighted by atomic mass is 35.5. The topological polar surface area (TPSA) is 88.0 Å². The molecular formula is C12H11Cl2N3O3S2. The highest BCUT2D eigenvalue weighted by molar-refractivity contribution is 8.15. The summed E-state index contributed by atoms with van der Waals surface area (Å²) in [7, 11) is -3.59. The maximum atomic E-state index is 12.2. The van der Waals surface area contributed by atoms with Gasteiger partial charge in [-0.2, -0.15) is 5.10 Å². The van der Waals surface area contributed by atoms with Crippen LogP contribution < -0.4 is 5.32 Å². The second-order valence-corrected chi connectivity index (χ2v) is 8.18. The zero-order valence-electron chi connectivity index (χ0n) is 11.3. The number of hydrogen-bond donors (Lipinski definition) is 1. The Morgan fingerprint density at radius 2 is 2.09 bits per heavy atom. The van der Waals surface area contributed by atoms with Crippen LogP contribution in [0.25, 0.3) is 0 Å². The summed E-state index contributed by atoms with van der Waals surface area (Å²) in [5, 5.41) is 10.9. The minimum absolute atomic E-state index is 0.0626. The number of amidine groups is 1. The Kier molecular flexibility index (Phi) is 5.49. The van der Waals surface area contributed by atoms with Gasteiger partial charge in [0.2, 0.25) is 5.91 Å². The van der Waals surface area contributed by atoms with Gasteiger partial charge in [0.05, 0.1) is 32.2 Å². The number of nitrogens with zero attached hydrogens (tertiary/aromatic N) is 2. The summed E-state index contributed by atoms with van der Waals surface area (Å²) in [6, 6.07) is 4.11. The lowest BCUT2D eigenvalue weighted by Crippen LogP contribution is -2.20. The maximum absolute atomic E-state index is 12.2. The van der Waals surface area contributed by atoms with Crippen molar-refractivity contribution in [3.63, 3.8) is 0 Å². The number of benzene rings is 1. The molecule has 1 amide bonds. The van der Waals surface area contributed by atoms with Gasteiger partial charge >= 0.3 is 0 Å². The lowest BCUT2D eigenvalue weighted by molar-refractivity contribution is -0.116. The number of nitrogens with one attached hydrogen (secondary N) is 1. The van der Waals surface area contributed by atoms with Gasteiger partial charge in [-0.25, -0.2) is 8.42 Å². The molecule has 0 spiro atoms. The number of hydrogen-bond acceptors (Lipinski definition) is 6. The first-order valence-electron chi connectivity index (χ1n) is 5.99. The van der Waals surface area contributed by atoms with Gasteiger partial charge in [0.25, 0.3) is 0 Å². The maximum Gasteiger partial charge on any atom is 0.236 e. The van der Waals surface area contributed by atoms with Crippen molar-refractivity contribution >= 4 is 61.6 Å². The molecule has 1 aliphatic heterocycles. The Bertz CT molecular complexity index is 776. The lowest BCUT2D eigenvalue weighted by Gasteiger charge is -2.05. The average molecular weight is 380 g/mol. The number of sulfone groups is 1. The average Bonchev–Trinajstić information content (AvgIpc) is 2.85. The third-order valence-electron chi connectivity index (χ3n) is 2.55. The minimum atomic E-state index is -3.59. The summed E-state index contributed by atoms with van der Waals surface area (Å²) in [5.41, 5.74) is 0.292. The van der Waals surface area contributed by atoms with Crippen molar-refractivity contribution in [1.82, 2.24) is 5.32 Å². The first kappa shape index (κ1) is 17.3. The largest absolute Gasteiger partial charge is 0.303 e. The van der Waals surface area contributed by atoms with Gasteiger partial charge in [-0.3, -0.25) is 4.79 Å². The summed E-state index contributed by atoms with van der Waals surface area (Å²) >= 11 is 12.8. The van der Waals surface area contributed by atoms with E-state index in [1.165, 1.54) is 30.0 Å². The Morgan fingerprint density at radius 1 is 1.36 bits per heavy atom. The van der Waals surface area contributed by atoms with Crippen LogP contribution in [-0.4, -0.2) is 36.7 Å². The van der Waals surface area contributed by atoms with Crippen LogP contribution in [0.4, 0.5) is 0 Å². The Balaban J connectivity index is 2.14. The molecule has 2 rings (SSSR count). The van der Waals surface area contributed by atoms with Crippen LogP contribution in [0.5, 0.6) is 0 Å². The molecule has 1 fully saturated rings. The molecule has 1 aromatic carbocycles. The molecule has 6 nitrogen and oxygen atoms in total. The fraction of sp³-hybridized carbons (Fsp3) is 0.250. The summed E-state index contributed by atoms with van der Waals surface area (Å²) in [5.74, 6) is -0.171. The second-order valence-electron chi connectivity index (χ2n) is 4.41. The van der Waals surface area contributed by atoms with Crippen molar-refractivity contribution in [2.75, 3.05) is 11.5 Å². The molecule has 0 saturated carbocycles. The molecule has 1 aromatic rings. The van der Waals surface area contributed by atoms with Gasteiger partial charge in [-0.1, -0.05) is 35.0 Å². The van der Waals surface area contributed by atoms with E-state index < -0.39 is 9.84 Å². The van der Waals surface area contributed by atoms with E-state index in [1.807, 2.05) is 0 Å². The zero-order chi connectivity index (χ0) is 16.3. The summed E-state index contributed by atoms with van der Waals surface area (Å²) in [6.45, 7) is 1.54. The van der Waals surface area contributed by atoms with Crippen molar-refractivity contribution in [2.24, 2.45) is 10.2 Å². The van der Waals surface area contributed by atoms with Gasteiger partial charge in [0.1, 0.15) is 0 Å². The van der Waals surface area contributed by atoms with E-state index in [0.29, 0.717) is 10.9 Å². The molecule has 0 aromatic heterocycles. The molecular weight excluding hydrogens is 369 g/mol. The number of carbonyl (C=O) groups is 1. The summed E-state index contributed by atoms with van der Waals surface area (Å²) in [4.78, 5) is 11.1. The molecule has 10 heteroatoms. The molecule has 118 valence electrons. The van der Waals surface area contributed by atoms with Crippen LogP contribution in [-0.2, 0) is 14.6 Å². The highest BCUT2D eigenvalue weighted by Crippen LogP contribution is 2.25. The van der Waals surface area contributed by atoms with Crippen LogP contribution in [0.1, 0.15) is 6.92 Å². The first-order chi connectivity index (χ1) is 10.3. The fourth-order valence-electron chi connectivity index (χ4n) is 1.57. The van der Waals surface area contributed by atoms with Crippen LogP contribution in [0.15, 0.2) is 33.3 Å². The van der Waals surface area contributed by atoms with Crippen molar-refractivity contribution in [2.45, 2.75) is 11.8 Å². The molecule has 0 bridgehead atoms. The number of halogens is 2. The molecule has 1 aliphatic rings. The first-order valence-corrected chi connectivity index (χ1v) is 9.39. The van der Waals surface area contributed by atoms with Gasteiger partial charge < -0.3 is 5.32 Å². The molecule has 0 atom stereocenters. The molecule has 0 radical (unpaired) electrons. The van der Waals surface area contributed by atoms with E-state index in [0.717, 1.165) is 0 Å². The summed E-state index contributed by atoms with van der Waals surface area (Å²) < 4.78 is 24.5. The Labute approximate surface area is 141 Å². The predicted octanol–water partition coefficient (Wildman–Crippen LogP) is 2.36. The third-order valence-corrected chi connectivity index (χ3v) is 5.92. The van der Waals surface area contributed by atoms with E-state index in [4.69, 9.17) is 23.2 Å². The van der Waals surface area contributed by atoms with Crippen molar-refractivity contribution in [3.8, 4) is 0 Å². The van der Waals surface area contributed by atoms with E-state index in [1.54, 1.807) is 6.92 Å². The fourth-order valence-corrected chi connectivity index (χ4v) is 3.90. The van der Waals surface area contributed by atoms with Crippen molar-refractivity contribution in [3.05, 3.63) is 28.2 Å². The van der Waals surface area contributed by atoms with Crippen molar-refractivity contribution < 1.29 is 13.2 Å². The smallest absolute Gasteiger partial charge is 0.236 e. The highest BCUT2D eigenvalue weighted by Gasteiger charge is 2.18. The number of amides is 1. The molecule has 22 heavy (non-hydrogen) atoms. The molecule has 1 N–H and O–H groups in total. The van der Waals surface area contributed by atoms with Gasteiger partial charge in [0, 0.05) is 0 Å². The third kappa shape index (κ3) is 4.45. The quantitative estimate of drug-likeness (QED) is 0.642. The molecule has 0 unspecified atom stereocenters. The van der Waals surface area contributed by atoms with E-state index in [-0.39, 0.29) is 32.4 Å². The minimum Gasteiger partial charge on any atom is -0.303 e. The molecule has 1 heterocycles. The van der Waals surface area contributed by atoms with Crippen LogP contribution in [0.3, 0.4) is 0 Å². The van der Waals surface area contributed by atoms with Crippen molar-refractivity contribution in [1.29, 1.82) is 0 Å². The lowest BCUT2D eigenvalue weighted by atomic mass is 10.4.